The summed E-state index contributed by atoms with van der Waals surface area (Å²) in [6, 6.07) is 0.622. The Morgan fingerprint density at radius 2 is 1.67 bits per heavy atom. The number of nitrogens with zero attached hydrogens (tertiary/aromatic N) is 1. The zero-order chi connectivity index (χ0) is 15.8. The molecule has 1 rings (SSSR count). The molecule has 4 nitrogen and oxygen atoms in total. The van der Waals surface area contributed by atoms with Gasteiger partial charge in [-0.25, -0.2) is 0 Å². The maximum Gasteiger partial charge on any atom is 0.221 e. The van der Waals surface area contributed by atoms with Crippen molar-refractivity contribution in [1.82, 2.24) is 10.2 Å². The van der Waals surface area contributed by atoms with Crippen LogP contribution in [0.1, 0.15) is 59.8 Å². The summed E-state index contributed by atoms with van der Waals surface area (Å²) in [4.78, 5) is 14.5. The maximum atomic E-state index is 12.1. The second-order valence-electron chi connectivity index (χ2n) is 7.34. The molecule has 1 aliphatic rings. The minimum absolute atomic E-state index is 0.173. The second-order valence-corrected chi connectivity index (χ2v) is 7.34. The van der Waals surface area contributed by atoms with Crippen LogP contribution in [-0.4, -0.2) is 42.5 Å². The van der Waals surface area contributed by atoms with Gasteiger partial charge in [0.15, 0.2) is 0 Å². The molecule has 1 aliphatic carbocycles. The molecule has 0 spiro atoms. The molecule has 0 aromatic carbocycles. The fourth-order valence-electron chi connectivity index (χ4n) is 2.41. The van der Waals surface area contributed by atoms with Gasteiger partial charge in [0.1, 0.15) is 0 Å². The van der Waals surface area contributed by atoms with Crippen LogP contribution in [0.5, 0.6) is 0 Å². The fourth-order valence-corrected chi connectivity index (χ4v) is 2.41. The Morgan fingerprint density at radius 3 is 2.05 bits per heavy atom. The predicted octanol–water partition coefficient (Wildman–Crippen LogP) is 2.38. The molecular formula is C17H35N3O. The molecule has 1 amide bonds. The van der Waals surface area contributed by atoms with Crippen molar-refractivity contribution in [3.05, 3.63) is 0 Å². The van der Waals surface area contributed by atoms with E-state index in [0.29, 0.717) is 30.8 Å². The number of hydrogen-bond donors (Lipinski definition) is 2. The summed E-state index contributed by atoms with van der Waals surface area (Å²) in [5.41, 5.74) is 5.96. The van der Waals surface area contributed by atoms with Gasteiger partial charge < -0.3 is 11.1 Å². The quantitative estimate of drug-likeness (QED) is 0.615. The summed E-state index contributed by atoms with van der Waals surface area (Å²) in [5.74, 6) is 1.54. The molecule has 1 unspecified atom stereocenters. The first-order valence-corrected chi connectivity index (χ1v) is 8.65. The Balaban J connectivity index is 2.49. The standard InChI is InChI=1S/C17H35N3O/c1-13(2)7-9-20(10-8-14(3)4)16(12-18)11-17(21)19-15-5-6-15/h13-16H,5-12,18H2,1-4H3,(H,19,21). The van der Waals surface area contributed by atoms with Crippen LogP contribution in [0.2, 0.25) is 0 Å². The summed E-state index contributed by atoms with van der Waals surface area (Å²) in [6.45, 7) is 11.6. The summed E-state index contributed by atoms with van der Waals surface area (Å²) in [7, 11) is 0. The van der Waals surface area contributed by atoms with Gasteiger partial charge in [-0.2, -0.15) is 0 Å². The van der Waals surface area contributed by atoms with Gasteiger partial charge in [0, 0.05) is 25.0 Å². The molecular weight excluding hydrogens is 262 g/mol. The van der Waals surface area contributed by atoms with Crippen molar-refractivity contribution in [2.75, 3.05) is 19.6 Å². The third kappa shape index (κ3) is 8.42. The first kappa shape index (κ1) is 18.4. The molecule has 0 aliphatic heterocycles. The van der Waals surface area contributed by atoms with Gasteiger partial charge in [-0.1, -0.05) is 27.7 Å². The molecule has 4 heteroatoms. The van der Waals surface area contributed by atoms with Gasteiger partial charge in [-0.3, -0.25) is 9.69 Å². The predicted molar refractivity (Wildman–Crippen MR) is 89.1 cm³/mol. The van der Waals surface area contributed by atoms with E-state index in [9.17, 15) is 4.79 Å². The van der Waals surface area contributed by atoms with Crippen molar-refractivity contribution >= 4 is 5.91 Å². The number of hydrogen-bond acceptors (Lipinski definition) is 3. The SMILES string of the molecule is CC(C)CCN(CCC(C)C)C(CN)CC(=O)NC1CC1. The normalized spacial score (nSPS) is 16.8. The van der Waals surface area contributed by atoms with Crippen LogP contribution in [0, 0.1) is 11.8 Å². The van der Waals surface area contributed by atoms with E-state index in [1.807, 2.05) is 0 Å². The molecule has 0 aromatic heterocycles. The van der Waals surface area contributed by atoms with E-state index in [1.165, 1.54) is 12.8 Å². The zero-order valence-corrected chi connectivity index (χ0v) is 14.4. The van der Waals surface area contributed by atoms with Gasteiger partial charge in [-0.15, -0.1) is 0 Å². The van der Waals surface area contributed by atoms with E-state index >= 15 is 0 Å². The summed E-state index contributed by atoms with van der Waals surface area (Å²) >= 11 is 0. The van der Waals surface area contributed by atoms with Crippen molar-refractivity contribution in [1.29, 1.82) is 0 Å². The average Bonchev–Trinajstić information content (AvgIpc) is 3.20. The molecule has 0 heterocycles. The highest BCUT2D eigenvalue weighted by atomic mass is 16.1. The van der Waals surface area contributed by atoms with E-state index in [4.69, 9.17) is 5.73 Å². The topological polar surface area (TPSA) is 58.4 Å². The molecule has 1 saturated carbocycles. The van der Waals surface area contributed by atoms with Gasteiger partial charge in [0.05, 0.1) is 0 Å². The lowest BCUT2D eigenvalue weighted by molar-refractivity contribution is -0.122. The zero-order valence-electron chi connectivity index (χ0n) is 14.4. The van der Waals surface area contributed by atoms with Crippen LogP contribution in [0.3, 0.4) is 0 Å². The van der Waals surface area contributed by atoms with E-state index < -0.39 is 0 Å². The van der Waals surface area contributed by atoms with Crippen molar-refractivity contribution in [2.24, 2.45) is 17.6 Å². The Hall–Kier alpha value is -0.610. The molecule has 0 aromatic rings. The van der Waals surface area contributed by atoms with E-state index in [-0.39, 0.29) is 11.9 Å². The first-order chi connectivity index (χ1) is 9.92. The van der Waals surface area contributed by atoms with Gasteiger partial charge in [0.25, 0.3) is 0 Å². The molecule has 0 bridgehead atoms. The Kier molecular flexibility index (Phi) is 8.27. The van der Waals surface area contributed by atoms with E-state index in [2.05, 4.69) is 37.9 Å². The molecule has 21 heavy (non-hydrogen) atoms. The number of nitrogens with one attached hydrogen (secondary N) is 1. The van der Waals surface area contributed by atoms with Gasteiger partial charge >= 0.3 is 0 Å². The number of nitrogens with two attached hydrogens (primary N) is 1. The summed E-state index contributed by atoms with van der Waals surface area (Å²) < 4.78 is 0. The first-order valence-electron chi connectivity index (χ1n) is 8.65. The van der Waals surface area contributed by atoms with Crippen molar-refractivity contribution < 1.29 is 4.79 Å². The van der Waals surface area contributed by atoms with E-state index in [0.717, 1.165) is 25.9 Å². The summed E-state index contributed by atoms with van der Waals surface area (Å²) in [6.07, 6.45) is 5.16. The Labute approximate surface area is 130 Å². The summed E-state index contributed by atoms with van der Waals surface area (Å²) in [5, 5.41) is 3.08. The van der Waals surface area contributed by atoms with Gasteiger partial charge in [0.2, 0.25) is 5.91 Å². The molecule has 124 valence electrons. The molecule has 1 atom stereocenters. The lowest BCUT2D eigenvalue weighted by Gasteiger charge is -2.31. The van der Waals surface area contributed by atoms with Crippen LogP contribution in [0.15, 0.2) is 0 Å². The van der Waals surface area contributed by atoms with Crippen LogP contribution in [0.25, 0.3) is 0 Å². The highest BCUT2D eigenvalue weighted by Crippen LogP contribution is 2.19. The Bertz CT molecular complexity index is 288. The lowest BCUT2D eigenvalue weighted by atomic mass is 10.1. The Morgan fingerprint density at radius 1 is 1.14 bits per heavy atom. The van der Waals surface area contributed by atoms with Gasteiger partial charge in [-0.05, 0) is 50.6 Å². The molecule has 0 saturated heterocycles. The lowest BCUT2D eigenvalue weighted by Crippen LogP contribution is -2.45. The maximum absolute atomic E-state index is 12.1. The number of carbonyl (C=O) groups excluding carboxylic acids is 1. The highest BCUT2D eigenvalue weighted by molar-refractivity contribution is 5.77. The number of amides is 1. The van der Waals surface area contributed by atoms with Crippen molar-refractivity contribution in [3.63, 3.8) is 0 Å². The molecule has 0 radical (unpaired) electrons. The van der Waals surface area contributed by atoms with Crippen LogP contribution >= 0.6 is 0 Å². The number of rotatable bonds is 11. The van der Waals surface area contributed by atoms with Crippen LogP contribution in [0.4, 0.5) is 0 Å². The smallest absolute Gasteiger partial charge is 0.221 e. The average molecular weight is 297 g/mol. The van der Waals surface area contributed by atoms with E-state index in [1.54, 1.807) is 0 Å². The van der Waals surface area contributed by atoms with Crippen molar-refractivity contribution in [3.8, 4) is 0 Å². The van der Waals surface area contributed by atoms with Crippen molar-refractivity contribution in [2.45, 2.75) is 71.9 Å². The minimum Gasteiger partial charge on any atom is -0.353 e. The monoisotopic (exact) mass is 297 g/mol. The number of carbonyl (C=O) groups is 1. The highest BCUT2D eigenvalue weighted by Gasteiger charge is 2.26. The molecule has 1 fully saturated rings. The second kappa shape index (κ2) is 9.42. The third-order valence-electron chi connectivity index (χ3n) is 4.14. The van der Waals surface area contributed by atoms with Crippen LogP contribution < -0.4 is 11.1 Å². The van der Waals surface area contributed by atoms with Crippen LogP contribution in [-0.2, 0) is 4.79 Å². The third-order valence-corrected chi connectivity index (χ3v) is 4.14. The minimum atomic E-state index is 0.173. The fraction of sp³-hybridized carbons (Fsp3) is 0.941. The molecule has 3 N–H and O–H groups in total. The largest absolute Gasteiger partial charge is 0.353 e.